The molecule has 2 N–H and O–H groups in total. The van der Waals surface area contributed by atoms with Gasteiger partial charge in [-0.05, 0) is 43.3 Å². The summed E-state index contributed by atoms with van der Waals surface area (Å²) in [5.74, 6) is -0.436. The van der Waals surface area contributed by atoms with Crippen molar-refractivity contribution in [2.75, 3.05) is 25.0 Å². The van der Waals surface area contributed by atoms with Crippen molar-refractivity contribution >= 4 is 34.1 Å². The van der Waals surface area contributed by atoms with Crippen LogP contribution in [-0.4, -0.2) is 45.2 Å². The van der Waals surface area contributed by atoms with Crippen LogP contribution in [0.3, 0.4) is 0 Å². The topological polar surface area (TPSA) is 62.2 Å². The number of rotatable bonds is 5. The lowest BCUT2D eigenvalue weighted by molar-refractivity contribution is 0.200. The van der Waals surface area contributed by atoms with Crippen LogP contribution in [0.25, 0.3) is 11.0 Å². The molecular formula is C22H24FN5OS. The second kappa shape index (κ2) is 9.32. The highest BCUT2D eigenvalue weighted by molar-refractivity contribution is 7.80. The Morgan fingerprint density at radius 3 is 2.67 bits per heavy atom. The predicted molar refractivity (Wildman–Crippen MR) is 121 cm³/mol. The second-order valence-electron chi connectivity index (χ2n) is 7.46. The van der Waals surface area contributed by atoms with Crippen molar-refractivity contribution in [3.8, 4) is 0 Å². The Hall–Kier alpha value is -2.84. The summed E-state index contributed by atoms with van der Waals surface area (Å²) in [7, 11) is 0. The number of piperidine rings is 1. The molecular weight excluding hydrogens is 401 g/mol. The molecule has 1 aromatic carbocycles. The fourth-order valence-corrected chi connectivity index (χ4v) is 4.07. The lowest BCUT2D eigenvalue weighted by Crippen LogP contribution is -2.46. The first-order chi connectivity index (χ1) is 14.6. The molecule has 8 heteroatoms. The molecule has 3 aromatic rings. The van der Waals surface area contributed by atoms with E-state index in [0.29, 0.717) is 28.7 Å². The van der Waals surface area contributed by atoms with E-state index >= 15 is 0 Å². The Kier molecular flexibility index (Phi) is 6.35. The van der Waals surface area contributed by atoms with Crippen molar-refractivity contribution in [3.05, 3.63) is 70.9 Å². The van der Waals surface area contributed by atoms with E-state index in [1.165, 1.54) is 18.3 Å². The molecule has 1 aliphatic rings. The van der Waals surface area contributed by atoms with Gasteiger partial charge in [-0.1, -0.05) is 18.2 Å². The third-order valence-electron chi connectivity index (χ3n) is 5.40. The number of nitrogens with one attached hydrogen (secondary N) is 2. The van der Waals surface area contributed by atoms with Gasteiger partial charge < -0.3 is 20.1 Å². The third-order valence-corrected chi connectivity index (χ3v) is 5.62. The molecule has 30 heavy (non-hydrogen) atoms. The molecule has 0 atom stereocenters. The molecule has 0 unspecified atom stereocenters. The van der Waals surface area contributed by atoms with Gasteiger partial charge in [0.1, 0.15) is 5.82 Å². The summed E-state index contributed by atoms with van der Waals surface area (Å²) >= 11 is 5.42. The number of benzene rings is 1. The van der Waals surface area contributed by atoms with Gasteiger partial charge in [-0.3, -0.25) is 9.78 Å². The molecule has 3 heterocycles. The van der Waals surface area contributed by atoms with Gasteiger partial charge in [-0.25, -0.2) is 4.39 Å². The molecule has 4 rings (SSSR count). The smallest absolute Gasteiger partial charge is 0.251 e. The van der Waals surface area contributed by atoms with Crippen molar-refractivity contribution in [2.45, 2.75) is 25.4 Å². The lowest BCUT2D eigenvalue weighted by Gasteiger charge is -2.33. The molecule has 1 fully saturated rings. The molecule has 0 saturated carbocycles. The van der Waals surface area contributed by atoms with Gasteiger partial charge in [0.2, 0.25) is 0 Å². The number of hydrogen-bond acceptors (Lipinski definition) is 4. The first-order valence-electron chi connectivity index (χ1n) is 10.1. The zero-order valence-electron chi connectivity index (χ0n) is 16.6. The van der Waals surface area contributed by atoms with Crippen LogP contribution in [-0.2, 0) is 6.54 Å². The van der Waals surface area contributed by atoms with Crippen LogP contribution in [0.1, 0.15) is 12.8 Å². The van der Waals surface area contributed by atoms with E-state index in [1.807, 2.05) is 30.3 Å². The average Bonchev–Trinajstić information content (AvgIpc) is 2.75. The highest BCUT2D eigenvalue weighted by atomic mass is 32.1. The van der Waals surface area contributed by atoms with Gasteiger partial charge in [-0.2, -0.15) is 0 Å². The summed E-state index contributed by atoms with van der Waals surface area (Å²) < 4.78 is 15.2. The SMILES string of the molecule is O=c1ccc2ncc(F)cc2n1CCN1CCC(NC(=S)Nc2ccccc2)CC1. The minimum atomic E-state index is -0.436. The van der Waals surface area contributed by atoms with Crippen molar-refractivity contribution in [3.63, 3.8) is 0 Å². The second-order valence-corrected chi connectivity index (χ2v) is 7.87. The molecule has 2 aromatic heterocycles. The number of nitrogens with zero attached hydrogens (tertiary/aromatic N) is 3. The van der Waals surface area contributed by atoms with E-state index in [-0.39, 0.29) is 5.56 Å². The Bertz CT molecular complexity index is 1080. The molecule has 0 bridgehead atoms. The van der Waals surface area contributed by atoms with Crippen molar-refractivity contribution < 1.29 is 4.39 Å². The zero-order chi connectivity index (χ0) is 20.9. The summed E-state index contributed by atoms with van der Waals surface area (Å²) in [6, 6.07) is 14.7. The molecule has 6 nitrogen and oxygen atoms in total. The Morgan fingerprint density at radius 1 is 1.13 bits per heavy atom. The number of likely N-dealkylation sites (tertiary alicyclic amines) is 1. The highest BCUT2D eigenvalue weighted by Crippen LogP contribution is 2.14. The number of halogens is 1. The zero-order valence-corrected chi connectivity index (χ0v) is 17.4. The molecule has 0 spiro atoms. The quantitative estimate of drug-likeness (QED) is 0.613. The maximum absolute atomic E-state index is 13.6. The fourth-order valence-electron chi connectivity index (χ4n) is 3.79. The summed E-state index contributed by atoms with van der Waals surface area (Å²) in [5, 5.41) is 7.23. The molecule has 156 valence electrons. The highest BCUT2D eigenvalue weighted by Gasteiger charge is 2.20. The first-order valence-corrected chi connectivity index (χ1v) is 10.5. The van der Waals surface area contributed by atoms with Crippen molar-refractivity contribution in [2.24, 2.45) is 0 Å². The van der Waals surface area contributed by atoms with Gasteiger partial charge in [0, 0.05) is 50.0 Å². The van der Waals surface area contributed by atoms with E-state index < -0.39 is 5.82 Å². The number of hydrogen-bond donors (Lipinski definition) is 2. The van der Waals surface area contributed by atoms with Crippen molar-refractivity contribution in [1.29, 1.82) is 0 Å². The van der Waals surface area contributed by atoms with Crippen LogP contribution in [0.15, 0.2) is 59.5 Å². The number of para-hydroxylation sites is 1. The number of pyridine rings is 2. The van der Waals surface area contributed by atoms with Crippen LogP contribution in [0, 0.1) is 5.82 Å². The van der Waals surface area contributed by atoms with Crippen LogP contribution < -0.4 is 16.2 Å². The Balaban J connectivity index is 1.29. The normalized spacial score (nSPS) is 15.2. The minimum Gasteiger partial charge on any atom is -0.360 e. The monoisotopic (exact) mass is 425 g/mol. The maximum Gasteiger partial charge on any atom is 0.251 e. The molecule has 1 saturated heterocycles. The minimum absolute atomic E-state index is 0.135. The molecule has 0 aliphatic carbocycles. The Labute approximate surface area is 179 Å². The number of thiocarbonyl (C=S) groups is 1. The fraction of sp³-hybridized carbons (Fsp3) is 0.318. The van der Waals surface area contributed by atoms with E-state index in [1.54, 1.807) is 10.6 Å². The van der Waals surface area contributed by atoms with Gasteiger partial charge in [-0.15, -0.1) is 0 Å². The molecule has 0 amide bonds. The van der Waals surface area contributed by atoms with Crippen molar-refractivity contribution in [1.82, 2.24) is 19.8 Å². The Morgan fingerprint density at radius 2 is 1.90 bits per heavy atom. The molecule has 0 radical (unpaired) electrons. The summed E-state index contributed by atoms with van der Waals surface area (Å²) in [6.07, 6.45) is 3.11. The van der Waals surface area contributed by atoms with Crippen LogP contribution in [0.4, 0.5) is 10.1 Å². The number of fused-ring (bicyclic) bond motifs is 1. The summed E-state index contributed by atoms with van der Waals surface area (Å²) in [6.45, 7) is 3.07. The van der Waals surface area contributed by atoms with E-state index in [2.05, 4.69) is 20.5 Å². The lowest BCUT2D eigenvalue weighted by atomic mass is 10.1. The van der Waals surface area contributed by atoms with Crippen LogP contribution >= 0.6 is 12.2 Å². The van der Waals surface area contributed by atoms with Gasteiger partial charge in [0.05, 0.1) is 17.2 Å². The maximum atomic E-state index is 13.6. The van der Waals surface area contributed by atoms with Gasteiger partial charge >= 0.3 is 0 Å². The summed E-state index contributed by atoms with van der Waals surface area (Å²) in [5.41, 5.74) is 2.00. The third kappa shape index (κ3) is 5.01. The number of anilines is 1. The van der Waals surface area contributed by atoms with E-state index in [0.717, 1.165) is 38.2 Å². The predicted octanol–water partition coefficient (Wildman–Crippen LogP) is 2.99. The standard InChI is InChI=1S/C22H24FN5OS/c23-16-14-20-19(24-15-16)6-7-21(29)28(20)13-12-27-10-8-18(9-11-27)26-22(30)25-17-4-2-1-3-5-17/h1-7,14-15,18H,8-13H2,(H2,25,26,30). The average molecular weight is 426 g/mol. The van der Waals surface area contributed by atoms with Gasteiger partial charge in [0.15, 0.2) is 5.11 Å². The van der Waals surface area contributed by atoms with Gasteiger partial charge in [0.25, 0.3) is 5.56 Å². The first kappa shape index (κ1) is 20.4. The van der Waals surface area contributed by atoms with Crippen LogP contribution in [0.2, 0.25) is 0 Å². The van der Waals surface area contributed by atoms with E-state index in [4.69, 9.17) is 12.2 Å². The largest absolute Gasteiger partial charge is 0.360 e. The summed E-state index contributed by atoms with van der Waals surface area (Å²) in [4.78, 5) is 18.7. The molecule has 1 aliphatic heterocycles. The van der Waals surface area contributed by atoms with E-state index in [9.17, 15) is 9.18 Å². The van der Waals surface area contributed by atoms with Crippen LogP contribution in [0.5, 0.6) is 0 Å². The number of aromatic nitrogens is 2.